The molecule has 0 radical (unpaired) electrons. The van der Waals surface area contributed by atoms with Gasteiger partial charge in [0.2, 0.25) is 0 Å². The molecule has 0 spiro atoms. The van der Waals surface area contributed by atoms with Crippen LogP contribution < -0.4 is 10.1 Å². The largest absolute Gasteiger partial charge is 0.480 e. The Morgan fingerprint density at radius 2 is 1.78 bits per heavy atom. The predicted octanol–water partition coefficient (Wildman–Crippen LogP) is 4.92. The number of nitrogens with zero attached hydrogens (tertiary/aromatic N) is 1. The van der Waals surface area contributed by atoms with Gasteiger partial charge in [-0.25, -0.2) is 8.78 Å². The lowest BCUT2D eigenvalue weighted by Gasteiger charge is -2.23. The maximum Gasteiger partial charge on any atom is 0.264 e. The van der Waals surface area contributed by atoms with Crippen LogP contribution in [0.15, 0.2) is 66.7 Å². The first-order valence-corrected chi connectivity index (χ1v) is 10.3. The van der Waals surface area contributed by atoms with E-state index < -0.39 is 17.7 Å². The van der Waals surface area contributed by atoms with Crippen molar-refractivity contribution in [2.45, 2.75) is 32.5 Å². The van der Waals surface area contributed by atoms with Crippen LogP contribution in [-0.4, -0.2) is 22.8 Å². The maximum absolute atomic E-state index is 13.6. The van der Waals surface area contributed by atoms with Gasteiger partial charge < -0.3 is 15.0 Å². The number of anilines is 1. The highest BCUT2D eigenvalue weighted by Gasteiger charge is 2.30. The number of fused-ring (bicyclic) bond motifs is 1. The van der Waals surface area contributed by atoms with Gasteiger partial charge in [0.1, 0.15) is 17.4 Å². The molecule has 0 aromatic heterocycles. The van der Waals surface area contributed by atoms with Gasteiger partial charge in [-0.05, 0) is 54.4 Å². The van der Waals surface area contributed by atoms with Crippen molar-refractivity contribution in [2.75, 3.05) is 5.32 Å². The molecule has 2 amide bonds. The highest BCUT2D eigenvalue weighted by atomic mass is 19.1. The Hall–Kier alpha value is -3.74. The van der Waals surface area contributed by atoms with Crippen LogP contribution in [0, 0.1) is 11.6 Å². The van der Waals surface area contributed by atoms with E-state index in [2.05, 4.69) is 5.32 Å². The molecule has 0 fully saturated rings. The summed E-state index contributed by atoms with van der Waals surface area (Å²) < 4.78 is 33.2. The van der Waals surface area contributed by atoms with Gasteiger partial charge in [0.15, 0.2) is 6.10 Å². The second kappa shape index (κ2) is 9.18. The molecule has 0 saturated carbocycles. The van der Waals surface area contributed by atoms with E-state index in [0.29, 0.717) is 34.5 Å². The molecule has 1 aliphatic rings. The van der Waals surface area contributed by atoms with Crippen LogP contribution in [0.5, 0.6) is 5.75 Å². The van der Waals surface area contributed by atoms with E-state index in [-0.39, 0.29) is 24.9 Å². The molecule has 164 valence electrons. The zero-order valence-corrected chi connectivity index (χ0v) is 17.5. The number of amides is 2. The summed E-state index contributed by atoms with van der Waals surface area (Å²) >= 11 is 0. The van der Waals surface area contributed by atoms with Crippen molar-refractivity contribution < 1.29 is 23.1 Å². The lowest BCUT2D eigenvalue weighted by atomic mass is 10.1. The molecule has 7 heteroatoms. The van der Waals surface area contributed by atoms with E-state index in [1.165, 1.54) is 17.0 Å². The Morgan fingerprint density at radius 3 is 2.47 bits per heavy atom. The molecule has 1 N–H and O–H groups in total. The summed E-state index contributed by atoms with van der Waals surface area (Å²) in [6, 6.07) is 17.2. The van der Waals surface area contributed by atoms with Crippen LogP contribution in [0.2, 0.25) is 0 Å². The molecule has 0 bridgehead atoms. The number of hydrogen-bond donors (Lipinski definition) is 1. The van der Waals surface area contributed by atoms with Gasteiger partial charge in [-0.3, -0.25) is 9.59 Å². The average Bonchev–Trinajstić information content (AvgIpc) is 2.90. The van der Waals surface area contributed by atoms with Crippen molar-refractivity contribution in [1.29, 1.82) is 0 Å². The normalized spacial score (nSPS) is 15.5. The summed E-state index contributed by atoms with van der Waals surface area (Å²) in [6.07, 6.45) is -0.266. The third-order valence-corrected chi connectivity index (χ3v) is 5.24. The zero-order chi connectivity index (χ0) is 22.7. The predicted molar refractivity (Wildman–Crippen MR) is 116 cm³/mol. The Kier molecular flexibility index (Phi) is 6.16. The third-order valence-electron chi connectivity index (χ3n) is 5.24. The minimum absolute atomic E-state index is 0.0351. The third kappa shape index (κ3) is 4.77. The molecular formula is C25H22F2N2O3. The summed E-state index contributed by atoms with van der Waals surface area (Å²) in [5.41, 5.74) is 2.12. The number of carbonyl (C=O) groups excluding carboxylic acids is 2. The van der Waals surface area contributed by atoms with Crippen molar-refractivity contribution >= 4 is 17.5 Å². The molecule has 1 unspecified atom stereocenters. The molecule has 5 nitrogen and oxygen atoms in total. The summed E-state index contributed by atoms with van der Waals surface area (Å²) in [5, 5.41) is 2.85. The van der Waals surface area contributed by atoms with Crippen molar-refractivity contribution in [3.05, 3.63) is 95.1 Å². The summed E-state index contributed by atoms with van der Waals surface area (Å²) in [4.78, 5) is 27.0. The first-order valence-electron chi connectivity index (χ1n) is 10.3. The number of hydrogen-bond acceptors (Lipinski definition) is 3. The van der Waals surface area contributed by atoms with Crippen molar-refractivity contribution in [2.24, 2.45) is 0 Å². The molecular weight excluding hydrogens is 414 g/mol. The standard InChI is InChI=1S/C25H22F2N2O3/c1-2-22-25(31)29(14-16-10-19(26)13-20(27)11-16)15-18-12-21(8-9-23(18)32-22)28-24(30)17-6-4-3-5-7-17/h3-13,22H,2,14-15H2,1H3,(H,28,30). The molecule has 1 heterocycles. The molecule has 32 heavy (non-hydrogen) atoms. The molecule has 0 saturated heterocycles. The van der Waals surface area contributed by atoms with Gasteiger partial charge in [0, 0.05) is 36.0 Å². The quantitative estimate of drug-likeness (QED) is 0.618. The number of carbonyl (C=O) groups is 2. The zero-order valence-electron chi connectivity index (χ0n) is 17.5. The van der Waals surface area contributed by atoms with Crippen molar-refractivity contribution in [3.63, 3.8) is 0 Å². The van der Waals surface area contributed by atoms with E-state index in [1.807, 2.05) is 13.0 Å². The van der Waals surface area contributed by atoms with Crippen LogP contribution >= 0.6 is 0 Å². The van der Waals surface area contributed by atoms with Gasteiger partial charge in [-0.1, -0.05) is 25.1 Å². The smallest absolute Gasteiger partial charge is 0.264 e. The first kappa shape index (κ1) is 21.5. The Balaban J connectivity index is 1.60. The number of rotatable bonds is 5. The fraction of sp³-hybridized carbons (Fsp3) is 0.200. The fourth-order valence-corrected chi connectivity index (χ4v) is 3.69. The lowest BCUT2D eigenvalue weighted by molar-refractivity contribution is -0.139. The van der Waals surface area contributed by atoms with Crippen LogP contribution in [-0.2, 0) is 17.9 Å². The van der Waals surface area contributed by atoms with Crippen LogP contribution in [0.1, 0.15) is 34.8 Å². The van der Waals surface area contributed by atoms with Crippen LogP contribution in [0.4, 0.5) is 14.5 Å². The van der Waals surface area contributed by atoms with Crippen molar-refractivity contribution in [3.8, 4) is 5.75 Å². The molecule has 4 rings (SSSR count). The Labute approximate surface area is 184 Å². The molecule has 1 aliphatic heterocycles. The van der Waals surface area contributed by atoms with Gasteiger partial charge in [0.25, 0.3) is 11.8 Å². The lowest BCUT2D eigenvalue weighted by Crippen LogP contribution is -2.38. The van der Waals surface area contributed by atoms with Gasteiger partial charge in [0.05, 0.1) is 0 Å². The van der Waals surface area contributed by atoms with Crippen molar-refractivity contribution in [1.82, 2.24) is 4.90 Å². The second-order valence-electron chi connectivity index (χ2n) is 7.63. The molecule has 0 aliphatic carbocycles. The van der Waals surface area contributed by atoms with E-state index in [0.717, 1.165) is 6.07 Å². The molecule has 1 atom stereocenters. The SMILES string of the molecule is CCC1Oc2ccc(NC(=O)c3ccccc3)cc2CN(Cc2cc(F)cc(F)c2)C1=O. The van der Waals surface area contributed by atoms with Crippen LogP contribution in [0.3, 0.4) is 0 Å². The number of halogens is 2. The minimum Gasteiger partial charge on any atom is -0.480 e. The Bertz CT molecular complexity index is 1130. The topological polar surface area (TPSA) is 58.6 Å². The van der Waals surface area contributed by atoms with E-state index in [4.69, 9.17) is 4.74 Å². The number of benzene rings is 3. The highest BCUT2D eigenvalue weighted by Crippen LogP contribution is 2.30. The summed E-state index contributed by atoms with van der Waals surface area (Å²) in [5.74, 6) is -1.37. The average molecular weight is 436 g/mol. The number of ether oxygens (including phenoxy) is 1. The number of nitrogens with one attached hydrogen (secondary N) is 1. The fourth-order valence-electron chi connectivity index (χ4n) is 3.69. The first-order chi connectivity index (χ1) is 15.4. The maximum atomic E-state index is 13.6. The monoisotopic (exact) mass is 436 g/mol. The Morgan fingerprint density at radius 1 is 1.06 bits per heavy atom. The minimum atomic E-state index is -0.709. The second-order valence-corrected chi connectivity index (χ2v) is 7.63. The highest BCUT2D eigenvalue weighted by molar-refractivity contribution is 6.04. The van der Waals surface area contributed by atoms with E-state index in [1.54, 1.807) is 42.5 Å². The molecule has 3 aromatic rings. The van der Waals surface area contributed by atoms with E-state index >= 15 is 0 Å². The van der Waals surface area contributed by atoms with Gasteiger partial charge in [-0.15, -0.1) is 0 Å². The van der Waals surface area contributed by atoms with Crippen LogP contribution in [0.25, 0.3) is 0 Å². The van der Waals surface area contributed by atoms with E-state index in [9.17, 15) is 18.4 Å². The summed E-state index contributed by atoms with van der Waals surface area (Å²) in [7, 11) is 0. The van der Waals surface area contributed by atoms with Gasteiger partial charge >= 0.3 is 0 Å². The summed E-state index contributed by atoms with van der Waals surface area (Å²) in [6.45, 7) is 2.05. The molecule has 3 aromatic carbocycles. The van der Waals surface area contributed by atoms with Gasteiger partial charge in [-0.2, -0.15) is 0 Å².